The zero-order valence-corrected chi connectivity index (χ0v) is 14.8. The molecule has 4 rings (SSSR count). The van der Waals surface area contributed by atoms with Crippen LogP contribution in [-0.4, -0.2) is 16.7 Å². The molecule has 3 aromatic rings. The maximum Gasteiger partial charge on any atom is 0.272 e. The van der Waals surface area contributed by atoms with Gasteiger partial charge in [-0.3, -0.25) is 4.79 Å². The Morgan fingerprint density at radius 3 is 2.72 bits per heavy atom. The average molecular weight is 360 g/mol. The van der Waals surface area contributed by atoms with E-state index in [0.29, 0.717) is 33.7 Å². The Kier molecular flexibility index (Phi) is 5.04. The number of rotatable bonds is 1. The molecule has 0 radical (unpaired) electrons. The minimum Gasteiger partial charge on any atom is -0.383 e. The van der Waals surface area contributed by atoms with Crippen molar-refractivity contribution in [3.63, 3.8) is 0 Å². The van der Waals surface area contributed by atoms with Crippen molar-refractivity contribution in [2.24, 2.45) is 0 Å². The van der Waals surface area contributed by atoms with Gasteiger partial charge in [-0.05, 0) is 23.8 Å². The van der Waals surface area contributed by atoms with Gasteiger partial charge in [-0.15, -0.1) is 0 Å². The molecule has 2 N–H and O–H groups in total. The lowest BCUT2D eigenvalue weighted by atomic mass is 9.89. The van der Waals surface area contributed by atoms with Crippen molar-refractivity contribution in [3.05, 3.63) is 68.8 Å². The fourth-order valence-electron chi connectivity index (χ4n) is 3.00. The van der Waals surface area contributed by atoms with Gasteiger partial charge in [-0.1, -0.05) is 50.1 Å². The molecule has 1 atom stereocenters. The van der Waals surface area contributed by atoms with Crippen LogP contribution in [0.2, 0.25) is 5.02 Å². The lowest BCUT2D eigenvalue weighted by molar-refractivity contribution is 0.629. The molecule has 0 saturated carbocycles. The van der Waals surface area contributed by atoms with Crippen molar-refractivity contribution < 1.29 is 4.39 Å². The number of benzene rings is 2. The Morgan fingerprint density at radius 2 is 2.00 bits per heavy atom. The van der Waals surface area contributed by atoms with Crippen LogP contribution in [0.25, 0.3) is 10.8 Å². The van der Waals surface area contributed by atoms with Gasteiger partial charge in [0.2, 0.25) is 0 Å². The fourth-order valence-corrected chi connectivity index (χ4v) is 3.27. The van der Waals surface area contributed by atoms with Crippen LogP contribution in [0.15, 0.2) is 41.2 Å². The SMILES string of the molecule is CCC.O=c1[nH]nc2c3c(cc(F)cc13)NCC2c1ccccc1Cl. The summed E-state index contributed by atoms with van der Waals surface area (Å²) in [6.07, 6.45) is 1.25. The van der Waals surface area contributed by atoms with Crippen molar-refractivity contribution >= 4 is 28.1 Å². The molecular weight excluding hydrogens is 341 g/mol. The van der Waals surface area contributed by atoms with E-state index in [1.54, 1.807) is 0 Å². The second-order valence-corrected chi connectivity index (χ2v) is 6.38. The van der Waals surface area contributed by atoms with Gasteiger partial charge in [0.1, 0.15) is 5.82 Å². The number of aromatic amines is 1. The number of hydrogen-bond donors (Lipinski definition) is 2. The topological polar surface area (TPSA) is 57.8 Å². The molecule has 130 valence electrons. The zero-order chi connectivity index (χ0) is 18.0. The molecule has 0 fully saturated rings. The van der Waals surface area contributed by atoms with E-state index in [0.717, 1.165) is 5.56 Å². The lowest BCUT2D eigenvalue weighted by Gasteiger charge is -2.26. The molecule has 0 aliphatic carbocycles. The van der Waals surface area contributed by atoms with E-state index in [9.17, 15) is 9.18 Å². The van der Waals surface area contributed by atoms with Crippen molar-refractivity contribution in [2.75, 3.05) is 11.9 Å². The number of halogens is 2. The van der Waals surface area contributed by atoms with E-state index in [4.69, 9.17) is 11.6 Å². The highest BCUT2D eigenvalue weighted by Crippen LogP contribution is 2.38. The lowest BCUT2D eigenvalue weighted by Crippen LogP contribution is -2.24. The molecule has 4 nitrogen and oxygen atoms in total. The maximum atomic E-state index is 13.7. The fraction of sp³-hybridized carbons (Fsp3) is 0.263. The van der Waals surface area contributed by atoms with Gasteiger partial charge < -0.3 is 5.32 Å². The molecular formula is C19H19ClFN3O. The molecule has 0 bridgehead atoms. The van der Waals surface area contributed by atoms with E-state index in [1.807, 2.05) is 24.3 Å². The molecule has 1 unspecified atom stereocenters. The molecule has 1 aliphatic heterocycles. The summed E-state index contributed by atoms with van der Waals surface area (Å²) in [4.78, 5) is 11.9. The first-order valence-corrected chi connectivity index (χ1v) is 8.64. The summed E-state index contributed by atoms with van der Waals surface area (Å²) in [7, 11) is 0. The highest BCUT2D eigenvalue weighted by atomic mass is 35.5. The molecule has 0 spiro atoms. The Bertz CT molecular complexity index is 971. The first-order valence-electron chi connectivity index (χ1n) is 8.26. The van der Waals surface area contributed by atoms with E-state index < -0.39 is 11.4 Å². The molecule has 6 heteroatoms. The number of anilines is 1. The first kappa shape index (κ1) is 17.4. The number of aromatic nitrogens is 2. The Hall–Kier alpha value is -2.40. The second kappa shape index (κ2) is 7.23. The van der Waals surface area contributed by atoms with Gasteiger partial charge in [0.05, 0.1) is 11.1 Å². The largest absolute Gasteiger partial charge is 0.383 e. The summed E-state index contributed by atoms with van der Waals surface area (Å²) in [6, 6.07) is 10.1. The molecule has 2 aromatic carbocycles. The quantitative estimate of drug-likeness (QED) is 0.662. The van der Waals surface area contributed by atoms with Crippen molar-refractivity contribution in [3.8, 4) is 0 Å². The standard InChI is InChI=1S/C16H11ClFN3O.C3H8/c17-12-4-2-1-3-9(12)11-7-19-13-6-8(18)5-10-14(13)15(11)20-21-16(10)22;1-3-2/h1-6,11,19H,7H2,(H,21,22);3H2,1-2H3. The molecule has 1 aromatic heterocycles. The van der Waals surface area contributed by atoms with Crippen molar-refractivity contribution in [1.29, 1.82) is 0 Å². The summed E-state index contributed by atoms with van der Waals surface area (Å²) in [5, 5.41) is 11.4. The van der Waals surface area contributed by atoms with E-state index in [1.165, 1.54) is 18.6 Å². The van der Waals surface area contributed by atoms with Crippen LogP contribution in [0.5, 0.6) is 0 Å². The zero-order valence-electron chi connectivity index (χ0n) is 14.1. The summed E-state index contributed by atoms with van der Waals surface area (Å²) in [6.45, 7) is 4.79. The minimum atomic E-state index is -0.450. The Morgan fingerprint density at radius 1 is 1.28 bits per heavy atom. The van der Waals surface area contributed by atoms with Gasteiger partial charge >= 0.3 is 0 Å². The van der Waals surface area contributed by atoms with E-state index in [2.05, 4.69) is 29.4 Å². The minimum absolute atomic E-state index is 0.106. The third-order valence-electron chi connectivity index (χ3n) is 3.99. The third kappa shape index (κ3) is 3.24. The van der Waals surface area contributed by atoms with Gasteiger partial charge in [0, 0.05) is 28.6 Å². The Balaban J connectivity index is 0.000000569. The average Bonchev–Trinajstić information content (AvgIpc) is 2.59. The number of nitrogens with one attached hydrogen (secondary N) is 2. The summed E-state index contributed by atoms with van der Waals surface area (Å²) in [5.41, 5.74) is 1.82. The highest BCUT2D eigenvalue weighted by molar-refractivity contribution is 6.31. The van der Waals surface area contributed by atoms with Crippen molar-refractivity contribution in [2.45, 2.75) is 26.2 Å². The smallest absolute Gasteiger partial charge is 0.272 e. The number of nitrogens with zero attached hydrogens (tertiary/aromatic N) is 1. The molecule has 2 heterocycles. The van der Waals surface area contributed by atoms with Crippen LogP contribution in [0.1, 0.15) is 37.4 Å². The van der Waals surface area contributed by atoms with E-state index in [-0.39, 0.29) is 5.92 Å². The predicted molar refractivity (Wildman–Crippen MR) is 100 cm³/mol. The van der Waals surface area contributed by atoms with E-state index >= 15 is 0 Å². The molecule has 1 aliphatic rings. The molecule has 25 heavy (non-hydrogen) atoms. The van der Waals surface area contributed by atoms with Gasteiger partial charge in [-0.25, -0.2) is 9.49 Å². The normalized spacial score (nSPS) is 15.3. The van der Waals surface area contributed by atoms with Crippen LogP contribution in [-0.2, 0) is 0 Å². The van der Waals surface area contributed by atoms with Crippen molar-refractivity contribution in [1.82, 2.24) is 10.2 Å². The number of H-pyrrole nitrogens is 1. The van der Waals surface area contributed by atoms with Crippen LogP contribution >= 0.6 is 11.6 Å². The van der Waals surface area contributed by atoms with Gasteiger partial charge in [0.15, 0.2) is 0 Å². The molecule has 0 saturated heterocycles. The maximum absolute atomic E-state index is 13.7. The van der Waals surface area contributed by atoms with Gasteiger partial charge in [-0.2, -0.15) is 5.10 Å². The van der Waals surface area contributed by atoms with Crippen LogP contribution in [0.3, 0.4) is 0 Å². The third-order valence-corrected chi connectivity index (χ3v) is 4.33. The van der Waals surface area contributed by atoms with Gasteiger partial charge in [0.25, 0.3) is 5.56 Å². The highest BCUT2D eigenvalue weighted by Gasteiger charge is 2.27. The summed E-state index contributed by atoms with van der Waals surface area (Å²) >= 11 is 6.29. The number of hydrogen-bond acceptors (Lipinski definition) is 3. The van der Waals surface area contributed by atoms with Crippen LogP contribution < -0.4 is 10.9 Å². The predicted octanol–water partition coefficient (Wildman–Crippen LogP) is 4.69. The summed E-state index contributed by atoms with van der Waals surface area (Å²) < 4.78 is 13.7. The van der Waals surface area contributed by atoms with Crippen LogP contribution in [0, 0.1) is 5.82 Å². The molecule has 0 amide bonds. The monoisotopic (exact) mass is 359 g/mol. The Labute approximate surface area is 150 Å². The second-order valence-electron chi connectivity index (χ2n) is 5.98. The van der Waals surface area contributed by atoms with Crippen LogP contribution in [0.4, 0.5) is 10.1 Å². The first-order chi connectivity index (χ1) is 12.1. The summed E-state index contributed by atoms with van der Waals surface area (Å²) in [5.74, 6) is -0.556.